The SMILES string of the molecule is CCC(=O)N[C@@H](Cc1cnc[nH]1)C(=O)O[C@H]1CC[C@]2(C)[C@H]3CC[C@]4(C)[C@@H]([C@H](C)CCCC(C)C)CC[C@H]4[C@@H]3C[C@@H](NCCc3c[nH]cn3)[C@@]2(O)C1. The van der Waals surface area contributed by atoms with Gasteiger partial charge in [0.25, 0.3) is 0 Å². The Balaban J connectivity index is 1.21. The predicted octanol–water partition coefficient (Wildman–Crippen LogP) is 6.53. The number of hydrogen-bond donors (Lipinski definition) is 5. The molecule has 4 saturated carbocycles. The number of aliphatic hydroxyl groups is 1. The monoisotopic (exact) mass is 707 g/mol. The van der Waals surface area contributed by atoms with E-state index >= 15 is 0 Å². The van der Waals surface area contributed by atoms with Crippen LogP contribution in [0.1, 0.15) is 130 Å². The molecule has 0 bridgehead atoms. The van der Waals surface area contributed by atoms with E-state index in [2.05, 4.69) is 65.2 Å². The summed E-state index contributed by atoms with van der Waals surface area (Å²) in [5.74, 6) is 3.31. The summed E-state index contributed by atoms with van der Waals surface area (Å²) in [6, 6.07) is -0.937. The van der Waals surface area contributed by atoms with Crippen molar-refractivity contribution in [3.63, 3.8) is 0 Å². The predicted molar refractivity (Wildman–Crippen MR) is 198 cm³/mol. The second-order valence-electron chi connectivity index (χ2n) is 17.9. The Hall–Kier alpha value is -2.72. The van der Waals surface area contributed by atoms with E-state index in [9.17, 15) is 14.7 Å². The number of hydrogen-bond acceptors (Lipinski definition) is 7. The minimum Gasteiger partial charge on any atom is -0.461 e. The van der Waals surface area contributed by atoms with Gasteiger partial charge in [0.1, 0.15) is 12.1 Å². The standard InChI is InChI=1S/C41H66N6O4/c1-7-37(48)47-35(19-29-23-43-25-46-29)38(49)51-30-13-17-40(6)34-14-16-39(5)32(27(4)10-8-9-26(2)3)11-12-33(39)31(34)20-36(41(40,50)21-30)44-18-15-28-22-42-24-45-28/h22-27,30-36,44,50H,7-21H2,1-6H3,(H,42,45)(H,43,46)(H,47,48)/t27-,30+,31+,32-,33+,34+,35+,36-,39-,40-,41+/m1/s1. The third kappa shape index (κ3) is 7.69. The number of nitrogens with one attached hydrogen (secondary N) is 4. The largest absolute Gasteiger partial charge is 0.461 e. The average molecular weight is 707 g/mol. The summed E-state index contributed by atoms with van der Waals surface area (Å²) in [6.45, 7) is 14.7. The number of H-pyrrole nitrogens is 2. The van der Waals surface area contributed by atoms with Gasteiger partial charge in [-0.15, -0.1) is 0 Å². The van der Waals surface area contributed by atoms with E-state index in [4.69, 9.17) is 4.74 Å². The number of imidazole rings is 2. The third-order valence-electron chi connectivity index (χ3n) is 14.6. The summed E-state index contributed by atoms with van der Waals surface area (Å²) in [4.78, 5) is 40.8. The topological polar surface area (TPSA) is 145 Å². The fourth-order valence-corrected chi connectivity index (χ4v) is 11.8. The number of aromatic amines is 2. The van der Waals surface area contributed by atoms with Crippen molar-refractivity contribution in [3.05, 3.63) is 36.4 Å². The minimum atomic E-state index is -1.04. The summed E-state index contributed by atoms with van der Waals surface area (Å²) in [5, 5.41) is 19.9. The number of rotatable bonds is 15. The van der Waals surface area contributed by atoms with Crippen LogP contribution < -0.4 is 10.6 Å². The van der Waals surface area contributed by atoms with E-state index < -0.39 is 23.7 Å². The zero-order chi connectivity index (χ0) is 36.4. The molecule has 0 aromatic carbocycles. The molecule has 6 rings (SSSR count). The van der Waals surface area contributed by atoms with Crippen molar-refractivity contribution in [2.45, 2.75) is 155 Å². The van der Waals surface area contributed by atoms with Crippen LogP contribution in [-0.2, 0) is 27.2 Å². The molecule has 0 spiro atoms. The lowest BCUT2D eigenvalue weighted by Gasteiger charge is -2.66. The van der Waals surface area contributed by atoms with Gasteiger partial charge in [-0.25, -0.2) is 14.8 Å². The number of esters is 1. The number of ether oxygens (including phenoxy) is 1. The lowest BCUT2D eigenvalue weighted by molar-refractivity contribution is -0.237. The van der Waals surface area contributed by atoms with E-state index in [1.165, 1.54) is 38.5 Å². The normalized spacial score (nSPS) is 35.8. The highest BCUT2D eigenvalue weighted by Crippen LogP contribution is 2.69. The number of fused-ring (bicyclic) bond motifs is 5. The van der Waals surface area contributed by atoms with E-state index in [-0.39, 0.29) is 30.2 Å². The first-order valence-electron chi connectivity index (χ1n) is 20.3. The maximum absolute atomic E-state index is 13.7. The molecule has 4 aliphatic rings. The Morgan fingerprint density at radius 3 is 2.61 bits per heavy atom. The van der Waals surface area contributed by atoms with Gasteiger partial charge in [-0.05, 0) is 85.9 Å². The van der Waals surface area contributed by atoms with E-state index in [0.29, 0.717) is 36.0 Å². The molecular weight excluding hydrogens is 640 g/mol. The molecule has 0 radical (unpaired) electrons. The molecular formula is C41H66N6O4. The molecule has 4 aliphatic carbocycles. The van der Waals surface area contributed by atoms with Crippen molar-refractivity contribution < 1.29 is 19.4 Å². The molecule has 1 amide bonds. The van der Waals surface area contributed by atoms with Gasteiger partial charge in [-0.2, -0.15) is 0 Å². The number of aromatic nitrogens is 4. The van der Waals surface area contributed by atoms with Crippen molar-refractivity contribution in [1.29, 1.82) is 0 Å². The van der Waals surface area contributed by atoms with Gasteiger partial charge >= 0.3 is 5.97 Å². The number of carbonyl (C=O) groups excluding carboxylic acids is 2. The van der Waals surface area contributed by atoms with Crippen LogP contribution in [0, 0.1) is 46.3 Å². The minimum absolute atomic E-state index is 0.116. The lowest BCUT2D eigenvalue weighted by Crippen LogP contribution is -2.71. The van der Waals surface area contributed by atoms with Crippen LogP contribution in [0.2, 0.25) is 0 Å². The Kier molecular flexibility index (Phi) is 11.7. The number of amides is 1. The zero-order valence-electron chi connectivity index (χ0n) is 32.2. The van der Waals surface area contributed by atoms with Crippen molar-refractivity contribution >= 4 is 11.9 Å². The molecule has 10 heteroatoms. The summed E-state index contributed by atoms with van der Waals surface area (Å²) >= 11 is 0. The van der Waals surface area contributed by atoms with Crippen molar-refractivity contribution in [3.8, 4) is 0 Å². The van der Waals surface area contributed by atoms with Crippen LogP contribution >= 0.6 is 0 Å². The van der Waals surface area contributed by atoms with Crippen molar-refractivity contribution in [2.75, 3.05) is 6.54 Å². The fraction of sp³-hybridized carbons (Fsp3) is 0.805. The fourth-order valence-electron chi connectivity index (χ4n) is 11.8. The second kappa shape index (κ2) is 15.7. The quantitative estimate of drug-likeness (QED) is 0.133. The Bertz CT molecular complexity index is 1430. The molecule has 0 aliphatic heterocycles. The van der Waals surface area contributed by atoms with Gasteiger partial charge in [0, 0.05) is 61.8 Å². The highest BCUT2D eigenvalue weighted by molar-refractivity contribution is 5.84. The number of nitrogens with zero attached hydrogens (tertiary/aromatic N) is 2. The number of carbonyl (C=O) groups is 2. The van der Waals surface area contributed by atoms with Gasteiger partial charge in [0.2, 0.25) is 5.91 Å². The highest BCUT2D eigenvalue weighted by Gasteiger charge is 2.68. The molecule has 0 unspecified atom stereocenters. The molecule has 2 aromatic rings. The first kappa shape index (κ1) is 38.0. The van der Waals surface area contributed by atoms with Crippen LogP contribution in [0.15, 0.2) is 25.0 Å². The Labute approximate surface area is 305 Å². The molecule has 51 heavy (non-hydrogen) atoms. The van der Waals surface area contributed by atoms with Gasteiger partial charge in [-0.3, -0.25) is 4.79 Å². The van der Waals surface area contributed by atoms with Crippen LogP contribution in [0.5, 0.6) is 0 Å². The Morgan fingerprint density at radius 2 is 1.90 bits per heavy atom. The maximum atomic E-state index is 13.7. The van der Waals surface area contributed by atoms with E-state index in [0.717, 1.165) is 61.4 Å². The first-order chi connectivity index (χ1) is 24.4. The second-order valence-corrected chi connectivity index (χ2v) is 17.9. The first-order valence-corrected chi connectivity index (χ1v) is 20.3. The van der Waals surface area contributed by atoms with Gasteiger partial charge < -0.3 is 30.4 Å². The Morgan fingerprint density at radius 1 is 1.08 bits per heavy atom. The molecule has 5 N–H and O–H groups in total. The molecule has 11 atom stereocenters. The van der Waals surface area contributed by atoms with Crippen LogP contribution in [0.4, 0.5) is 0 Å². The van der Waals surface area contributed by atoms with Gasteiger partial charge in [0.15, 0.2) is 0 Å². The molecule has 4 fully saturated rings. The van der Waals surface area contributed by atoms with Gasteiger partial charge in [-0.1, -0.05) is 60.8 Å². The van der Waals surface area contributed by atoms with Crippen molar-refractivity contribution in [2.24, 2.45) is 46.3 Å². The van der Waals surface area contributed by atoms with E-state index in [1.54, 1.807) is 25.8 Å². The summed E-state index contributed by atoms with van der Waals surface area (Å²) in [5.41, 5.74) is 0.782. The van der Waals surface area contributed by atoms with Crippen LogP contribution in [0.3, 0.4) is 0 Å². The van der Waals surface area contributed by atoms with Crippen LogP contribution in [0.25, 0.3) is 0 Å². The molecule has 10 nitrogen and oxygen atoms in total. The molecule has 2 heterocycles. The van der Waals surface area contributed by atoms with Gasteiger partial charge in [0.05, 0.1) is 23.9 Å². The molecule has 284 valence electrons. The molecule has 0 saturated heterocycles. The maximum Gasteiger partial charge on any atom is 0.329 e. The summed E-state index contributed by atoms with van der Waals surface area (Å²) in [6.07, 6.45) is 19.7. The summed E-state index contributed by atoms with van der Waals surface area (Å²) in [7, 11) is 0. The highest BCUT2D eigenvalue weighted by atomic mass is 16.5. The summed E-state index contributed by atoms with van der Waals surface area (Å²) < 4.78 is 6.24. The van der Waals surface area contributed by atoms with Crippen molar-refractivity contribution in [1.82, 2.24) is 30.6 Å². The average Bonchev–Trinajstić information content (AvgIpc) is 3.87. The third-order valence-corrected chi connectivity index (χ3v) is 14.6. The van der Waals surface area contributed by atoms with Crippen LogP contribution in [-0.4, -0.2) is 67.3 Å². The molecule has 2 aromatic heterocycles. The smallest absolute Gasteiger partial charge is 0.329 e. The zero-order valence-corrected chi connectivity index (χ0v) is 32.2. The lowest BCUT2D eigenvalue weighted by atomic mass is 9.42. The van der Waals surface area contributed by atoms with E-state index in [1.807, 2.05) is 6.20 Å².